The van der Waals surface area contributed by atoms with Gasteiger partial charge in [0.25, 0.3) is 5.56 Å². The van der Waals surface area contributed by atoms with Crippen LogP contribution in [0.4, 0.5) is 5.82 Å². The molecule has 1 aromatic rings. The lowest BCUT2D eigenvalue weighted by Gasteiger charge is -2.02. The molecule has 0 radical (unpaired) electrons. The van der Waals surface area contributed by atoms with Crippen LogP contribution in [0, 0.1) is 5.92 Å². The number of nitrogens with one attached hydrogen (secondary N) is 3. The van der Waals surface area contributed by atoms with Gasteiger partial charge >= 0.3 is 5.69 Å². The van der Waals surface area contributed by atoms with Crippen LogP contribution in [0.1, 0.15) is 25.7 Å². The van der Waals surface area contributed by atoms with Crippen molar-refractivity contribution in [1.82, 2.24) is 15.2 Å². The number of hydrogen-bond donors (Lipinski definition) is 3. The molecule has 0 saturated heterocycles. The molecule has 1 saturated carbocycles. The van der Waals surface area contributed by atoms with Gasteiger partial charge in [-0.1, -0.05) is 12.8 Å². The van der Waals surface area contributed by atoms with Crippen molar-refractivity contribution in [3.05, 3.63) is 20.8 Å². The fourth-order valence-corrected chi connectivity index (χ4v) is 1.47. The summed E-state index contributed by atoms with van der Waals surface area (Å²) in [5.41, 5.74) is -1.05. The Morgan fingerprint density at radius 1 is 1.40 bits per heavy atom. The molecule has 6 heteroatoms. The van der Waals surface area contributed by atoms with Crippen LogP contribution in [0.25, 0.3) is 0 Å². The molecule has 0 aliphatic heterocycles. The number of H-pyrrole nitrogens is 2. The third-order valence-electron chi connectivity index (χ3n) is 2.49. The zero-order chi connectivity index (χ0) is 10.7. The first-order valence-electron chi connectivity index (χ1n) is 5.18. The molecule has 0 unspecified atom stereocenters. The SMILES string of the molecule is O=c1[nH]nc(NCCCC2CC2)c(=O)[nH]1. The van der Waals surface area contributed by atoms with Gasteiger partial charge in [-0.05, 0) is 18.8 Å². The highest BCUT2D eigenvalue weighted by molar-refractivity contribution is 5.28. The van der Waals surface area contributed by atoms with Gasteiger partial charge in [0.15, 0.2) is 0 Å². The average molecular weight is 210 g/mol. The van der Waals surface area contributed by atoms with Gasteiger partial charge in [0.1, 0.15) is 0 Å². The summed E-state index contributed by atoms with van der Waals surface area (Å²) < 4.78 is 0. The van der Waals surface area contributed by atoms with Gasteiger partial charge in [-0.25, -0.2) is 9.89 Å². The zero-order valence-corrected chi connectivity index (χ0v) is 8.38. The molecule has 1 aromatic heterocycles. The molecule has 1 aliphatic carbocycles. The lowest BCUT2D eigenvalue weighted by Crippen LogP contribution is -2.27. The van der Waals surface area contributed by atoms with Crippen molar-refractivity contribution in [2.24, 2.45) is 5.92 Å². The molecule has 15 heavy (non-hydrogen) atoms. The first-order valence-corrected chi connectivity index (χ1v) is 5.18. The highest BCUT2D eigenvalue weighted by Gasteiger charge is 2.19. The van der Waals surface area contributed by atoms with E-state index in [4.69, 9.17) is 0 Å². The fraction of sp³-hybridized carbons (Fsp3) is 0.667. The van der Waals surface area contributed by atoms with Crippen LogP contribution in [-0.4, -0.2) is 21.7 Å². The first-order chi connectivity index (χ1) is 7.25. The number of aromatic nitrogens is 3. The largest absolute Gasteiger partial charge is 0.364 e. The molecule has 1 fully saturated rings. The summed E-state index contributed by atoms with van der Waals surface area (Å²) in [5.74, 6) is 1.08. The fourth-order valence-electron chi connectivity index (χ4n) is 1.47. The van der Waals surface area contributed by atoms with E-state index in [9.17, 15) is 9.59 Å². The van der Waals surface area contributed by atoms with Crippen LogP contribution in [0.15, 0.2) is 9.59 Å². The highest BCUT2D eigenvalue weighted by Crippen LogP contribution is 2.33. The van der Waals surface area contributed by atoms with Crippen LogP contribution in [0.3, 0.4) is 0 Å². The summed E-state index contributed by atoms with van der Waals surface area (Å²) >= 11 is 0. The van der Waals surface area contributed by atoms with Crippen molar-refractivity contribution < 1.29 is 0 Å². The lowest BCUT2D eigenvalue weighted by molar-refractivity contribution is 0.684. The van der Waals surface area contributed by atoms with Crippen molar-refractivity contribution in [3.8, 4) is 0 Å². The number of hydrogen-bond acceptors (Lipinski definition) is 4. The Hall–Kier alpha value is -1.59. The first kappa shape index (κ1) is 9.95. The van der Waals surface area contributed by atoms with Crippen LogP contribution in [0.5, 0.6) is 0 Å². The van der Waals surface area contributed by atoms with Crippen molar-refractivity contribution in [3.63, 3.8) is 0 Å². The summed E-state index contributed by atoms with van der Waals surface area (Å²) in [6, 6.07) is 0. The summed E-state index contributed by atoms with van der Waals surface area (Å²) in [5, 5.41) is 8.70. The summed E-state index contributed by atoms with van der Waals surface area (Å²) in [4.78, 5) is 24.0. The normalized spacial score (nSPS) is 15.2. The minimum atomic E-state index is -0.580. The molecule has 1 aliphatic rings. The Kier molecular flexibility index (Phi) is 2.84. The maximum Gasteiger partial charge on any atom is 0.342 e. The van der Waals surface area contributed by atoms with E-state index in [1.54, 1.807) is 0 Å². The predicted octanol–water partition coefficient (Wildman–Crippen LogP) is 0.0603. The minimum Gasteiger partial charge on any atom is -0.364 e. The second kappa shape index (κ2) is 4.29. The van der Waals surface area contributed by atoms with Gasteiger partial charge < -0.3 is 5.32 Å². The molecule has 6 nitrogen and oxygen atoms in total. The van der Waals surface area contributed by atoms with E-state index >= 15 is 0 Å². The van der Waals surface area contributed by atoms with Crippen LogP contribution in [0.2, 0.25) is 0 Å². The molecular formula is C9H14N4O2. The minimum absolute atomic E-state index is 0.186. The maximum atomic E-state index is 11.2. The van der Waals surface area contributed by atoms with Gasteiger partial charge in [0.05, 0.1) is 0 Å². The second-order valence-corrected chi connectivity index (χ2v) is 3.87. The summed E-state index contributed by atoms with van der Waals surface area (Å²) in [7, 11) is 0. The Bertz CT molecular complexity index is 432. The highest BCUT2D eigenvalue weighted by atomic mass is 16.2. The Balaban J connectivity index is 1.81. The van der Waals surface area contributed by atoms with E-state index in [0.717, 1.165) is 18.9 Å². The zero-order valence-electron chi connectivity index (χ0n) is 8.38. The van der Waals surface area contributed by atoms with E-state index in [0.29, 0.717) is 0 Å². The van der Waals surface area contributed by atoms with Crippen molar-refractivity contribution in [2.75, 3.05) is 11.9 Å². The number of rotatable bonds is 5. The van der Waals surface area contributed by atoms with Crippen molar-refractivity contribution in [2.45, 2.75) is 25.7 Å². The van der Waals surface area contributed by atoms with Gasteiger partial charge in [-0.3, -0.25) is 9.78 Å². The second-order valence-electron chi connectivity index (χ2n) is 3.87. The lowest BCUT2D eigenvalue weighted by atomic mass is 10.2. The number of aromatic amines is 2. The molecule has 0 amide bonds. The molecule has 0 atom stereocenters. The topological polar surface area (TPSA) is 90.6 Å². The molecule has 3 N–H and O–H groups in total. The van der Waals surface area contributed by atoms with Gasteiger partial charge in [0.2, 0.25) is 5.82 Å². The quantitative estimate of drug-likeness (QED) is 0.599. The Morgan fingerprint density at radius 2 is 2.20 bits per heavy atom. The molecule has 1 heterocycles. The third kappa shape index (κ3) is 2.93. The van der Waals surface area contributed by atoms with Gasteiger partial charge in [0, 0.05) is 6.54 Å². The van der Waals surface area contributed by atoms with Gasteiger partial charge in [-0.2, -0.15) is 0 Å². The van der Waals surface area contributed by atoms with Crippen LogP contribution < -0.4 is 16.6 Å². The molecule has 0 spiro atoms. The van der Waals surface area contributed by atoms with E-state index < -0.39 is 11.2 Å². The third-order valence-corrected chi connectivity index (χ3v) is 2.49. The smallest absolute Gasteiger partial charge is 0.342 e. The number of nitrogens with zero attached hydrogens (tertiary/aromatic N) is 1. The average Bonchev–Trinajstić information content (AvgIpc) is 2.99. The number of anilines is 1. The summed E-state index contributed by atoms with van der Waals surface area (Å²) in [6.45, 7) is 0.721. The molecule has 0 bridgehead atoms. The van der Waals surface area contributed by atoms with Crippen LogP contribution in [-0.2, 0) is 0 Å². The molecule has 2 rings (SSSR count). The van der Waals surface area contributed by atoms with Crippen LogP contribution >= 0.6 is 0 Å². The molecular weight excluding hydrogens is 196 g/mol. The summed E-state index contributed by atoms with van der Waals surface area (Å²) in [6.07, 6.45) is 4.92. The van der Waals surface area contributed by atoms with Crippen molar-refractivity contribution >= 4 is 5.82 Å². The standard InChI is InChI=1S/C9H14N4O2/c14-8-7(12-13-9(15)11-8)10-5-1-2-6-3-4-6/h6H,1-5H2,(H,10,12)(H2,11,13,14,15). The predicted molar refractivity (Wildman–Crippen MR) is 55.9 cm³/mol. The van der Waals surface area contributed by atoms with E-state index in [2.05, 4.69) is 20.5 Å². The van der Waals surface area contributed by atoms with Gasteiger partial charge in [-0.15, -0.1) is 5.10 Å². The van der Waals surface area contributed by atoms with E-state index in [-0.39, 0.29) is 5.82 Å². The molecule has 82 valence electrons. The van der Waals surface area contributed by atoms with E-state index in [1.165, 1.54) is 19.3 Å². The maximum absolute atomic E-state index is 11.2. The Labute approximate surface area is 86.1 Å². The van der Waals surface area contributed by atoms with Crippen molar-refractivity contribution in [1.29, 1.82) is 0 Å². The Morgan fingerprint density at radius 3 is 2.87 bits per heavy atom. The monoisotopic (exact) mass is 210 g/mol. The van der Waals surface area contributed by atoms with E-state index in [1.807, 2.05) is 0 Å². The molecule has 0 aromatic carbocycles.